The van der Waals surface area contributed by atoms with E-state index in [0.29, 0.717) is 0 Å². The lowest BCUT2D eigenvalue weighted by Crippen LogP contribution is -2.66. The molecule has 2 fully saturated rings. The molecule has 1 N–H and O–H groups in total. The van der Waals surface area contributed by atoms with Crippen LogP contribution in [0.4, 0.5) is 0 Å². The Bertz CT molecular complexity index is 1350. The third-order valence-electron chi connectivity index (χ3n) is 8.39. The summed E-state index contributed by atoms with van der Waals surface area (Å²) in [6, 6.07) is 3.28. The summed E-state index contributed by atoms with van der Waals surface area (Å²) in [5.74, 6) is -0.548. The van der Waals surface area contributed by atoms with E-state index in [1.165, 1.54) is 18.3 Å². The highest BCUT2D eigenvalue weighted by Gasteiger charge is 2.66. The molecule has 0 bridgehead atoms. The van der Waals surface area contributed by atoms with Crippen molar-refractivity contribution in [1.82, 2.24) is 9.55 Å². The number of fused-ring (bicyclic) bond motifs is 1. The molecule has 0 saturated carbocycles. The second kappa shape index (κ2) is 12.6. The molecule has 1 aromatic rings. The van der Waals surface area contributed by atoms with E-state index in [0.717, 1.165) is 4.57 Å². The van der Waals surface area contributed by atoms with Crippen molar-refractivity contribution in [3.63, 3.8) is 0 Å². The van der Waals surface area contributed by atoms with Crippen molar-refractivity contribution in [3.8, 4) is 6.07 Å². The molecule has 2 aliphatic heterocycles. The minimum Gasteiger partial charge on any atom is -0.454 e. The van der Waals surface area contributed by atoms with Gasteiger partial charge in [-0.1, -0.05) is 55.4 Å². The Balaban J connectivity index is 2.41. The maximum atomic E-state index is 13.6. The van der Waals surface area contributed by atoms with Crippen LogP contribution in [0.1, 0.15) is 83.1 Å². The number of carbonyl (C=O) groups excluding carboxylic acids is 1. The number of nitrogens with one attached hydrogen (secondary N) is 1. The summed E-state index contributed by atoms with van der Waals surface area (Å²) in [4.78, 5) is 41.3. The smallest absolute Gasteiger partial charge is 0.335 e. The maximum absolute atomic E-state index is 13.6. The molecular formula is C30H49N3O8Si2. The summed E-state index contributed by atoms with van der Waals surface area (Å²) in [5, 5.41) is 9.84. The number of ether oxygens (including phenoxy) is 2. The fourth-order valence-corrected chi connectivity index (χ4v) is 17.3. The van der Waals surface area contributed by atoms with E-state index in [4.69, 9.17) is 22.4 Å². The number of allylic oxidation sites excluding steroid dienone is 1. The van der Waals surface area contributed by atoms with E-state index >= 15 is 0 Å². The highest BCUT2D eigenvalue weighted by Crippen LogP contribution is 2.50. The Morgan fingerprint density at radius 1 is 1.09 bits per heavy atom. The molecule has 1 aromatic heterocycles. The molecule has 3 rings (SSSR count). The van der Waals surface area contributed by atoms with Crippen LogP contribution in [0, 0.1) is 16.7 Å². The average Bonchev–Trinajstić information content (AvgIpc) is 3.14. The first-order valence-corrected chi connectivity index (χ1v) is 19.0. The molecule has 0 spiro atoms. The first-order valence-electron chi connectivity index (χ1n) is 15.1. The van der Waals surface area contributed by atoms with Gasteiger partial charge >= 0.3 is 28.8 Å². The third-order valence-corrected chi connectivity index (χ3v) is 18.6. The van der Waals surface area contributed by atoms with Gasteiger partial charge in [-0.2, -0.15) is 5.26 Å². The second-order valence-corrected chi connectivity index (χ2v) is 22.8. The molecule has 3 heterocycles. The predicted molar refractivity (Wildman–Crippen MR) is 167 cm³/mol. The van der Waals surface area contributed by atoms with Gasteiger partial charge in [-0.15, -0.1) is 0 Å². The summed E-state index contributed by atoms with van der Waals surface area (Å²) < 4.78 is 35.6. The fourth-order valence-electron chi connectivity index (χ4n) is 6.07. The van der Waals surface area contributed by atoms with Crippen LogP contribution >= 0.6 is 0 Å². The number of aromatic amines is 1. The lowest BCUT2D eigenvalue weighted by atomic mass is 9.95. The van der Waals surface area contributed by atoms with Crippen LogP contribution in [0.25, 0.3) is 0 Å². The van der Waals surface area contributed by atoms with Crippen molar-refractivity contribution in [2.75, 3.05) is 6.61 Å². The van der Waals surface area contributed by atoms with Gasteiger partial charge in [0, 0.05) is 17.8 Å². The zero-order chi connectivity index (χ0) is 32.7. The molecule has 2 aliphatic rings. The number of nitrogens with zero attached hydrogens (tertiary/aromatic N) is 2. The van der Waals surface area contributed by atoms with Gasteiger partial charge in [0.05, 0.1) is 18.1 Å². The number of esters is 1. The number of hydrogen-bond donors (Lipinski definition) is 1. The van der Waals surface area contributed by atoms with Crippen LogP contribution in [0.2, 0.25) is 22.2 Å². The van der Waals surface area contributed by atoms with Crippen molar-refractivity contribution in [2.24, 2.45) is 5.41 Å². The number of aromatic nitrogens is 2. The van der Waals surface area contributed by atoms with Gasteiger partial charge in [0.15, 0.2) is 6.10 Å². The van der Waals surface area contributed by atoms with Crippen molar-refractivity contribution < 1.29 is 27.2 Å². The fraction of sp³-hybridized carbons (Fsp3) is 0.733. The van der Waals surface area contributed by atoms with Gasteiger partial charge in [-0.3, -0.25) is 19.1 Å². The summed E-state index contributed by atoms with van der Waals surface area (Å²) in [6.45, 7) is 23.5. The molecule has 240 valence electrons. The molecule has 0 aromatic carbocycles. The Labute approximate surface area is 257 Å². The second-order valence-electron chi connectivity index (χ2n) is 14.0. The van der Waals surface area contributed by atoms with Crippen LogP contribution < -0.4 is 11.2 Å². The first-order chi connectivity index (χ1) is 19.8. The zero-order valence-electron chi connectivity index (χ0n) is 27.6. The molecular weight excluding hydrogens is 587 g/mol. The molecule has 2 saturated heterocycles. The minimum absolute atomic E-state index is 0.0274. The van der Waals surface area contributed by atoms with Gasteiger partial charge in [0.25, 0.3) is 5.56 Å². The largest absolute Gasteiger partial charge is 0.454 e. The predicted octanol–water partition coefficient (Wildman–Crippen LogP) is 4.97. The van der Waals surface area contributed by atoms with Gasteiger partial charge in [-0.25, -0.2) is 4.79 Å². The molecule has 0 aliphatic carbocycles. The van der Waals surface area contributed by atoms with Crippen LogP contribution in [0.3, 0.4) is 0 Å². The van der Waals surface area contributed by atoms with E-state index in [9.17, 15) is 19.6 Å². The van der Waals surface area contributed by atoms with Crippen molar-refractivity contribution >= 4 is 23.1 Å². The minimum atomic E-state index is -3.21. The lowest BCUT2D eigenvalue weighted by Gasteiger charge is -2.51. The monoisotopic (exact) mass is 635 g/mol. The first kappa shape index (κ1) is 35.1. The Kier molecular flexibility index (Phi) is 10.3. The summed E-state index contributed by atoms with van der Waals surface area (Å²) in [6.07, 6.45) is -0.216. The average molecular weight is 636 g/mol. The third kappa shape index (κ3) is 6.41. The molecule has 0 radical (unpaired) electrons. The number of H-pyrrole nitrogens is 1. The highest BCUT2D eigenvalue weighted by molar-refractivity contribution is 6.84. The number of carbonyl (C=O) groups is 1. The molecule has 4 atom stereocenters. The van der Waals surface area contributed by atoms with Crippen LogP contribution in [0.5, 0.6) is 0 Å². The molecule has 0 unspecified atom stereocenters. The molecule has 13 heteroatoms. The molecule has 43 heavy (non-hydrogen) atoms. The number of nitriles is 1. The SMILES string of the molecule is C/C(C#N)=C/[C@@]1(n2ccc(=O)[nH]c2=O)O[C@@H]2CO[Si](C(C)C)(C(C)C)O[Si](C(C)C)(C(C)C)O[C@H]2[C@@H]1OC(=O)C(C)(C)C. The number of rotatable bonds is 7. The molecule has 11 nitrogen and oxygen atoms in total. The van der Waals surface area contributed by atoms with E-state index in [1.807, 2.05) is 0 Å². The summed E-state index contributed by atoms with van der Waals surface area (Å²) in [5.41, 5.74) is -3.81. The lowest BCUT2D eigenvalue weighted by molar-refractivity contribution is -0.177. The van der Waals surface area contributed by atoms with Gasteiger partial charge in [-0.05, 0) is 55.9 Å². The van der Waals surface area contributed by atoms with Crippen molar-refractivity contribution in [3.05, 3.63) is 44.8 Å². The van der Waals surface area contributed by atoms with Gasteiger partial charge in [0.2, 0.25) is 5.72 Å². The van der Waals surface area contributed by atoms with Crippen molar-refractivity contribution in [2.45, 2.75) is 129 Å². The van der Waals surface area contributed by atoms with E-state index in [2.05, 4.69) is 66.4 Å². The van der Waals surface area contributed by atoms with Gasteiger partial charge < -0.3 is 22.4 Å². The summed E-state index contributed by atoms with van der Waals surface area (Å²) >= 11 is 0. The Morgan fingerprint density at radius 3 is 2.12 bits per heavy atom. The van der Waals surface area contributed by atoms with Crippen LogP contribution in [-0.2, 0) is 33.0 Å². The van der Waals surface area contributed by atoms with E-state index in [1.54, 1.807) is 27.7 Å². The van der Waals surface area contributed by atoms with Gasteiger partial charge in [0.1, 0.15) is 12.2 Å². The highest BCUT2D eigenvalue weighted by atomic mass is 28.5. The Morgan fingerprint density at radius 2 is 1.65 bits per heavy atom. The standard InChI is InChI=1S/C30H49N3O8Si2/c1-18(2)42(19(3)4)37-17-23-25(40-43(41-42,20(5)6)21(7)8)26(38-27(35)29(10,11)12)30(39-23,15-22(9)16-31)33-14-13-24(34)32-28(33)36/h13-15,18-21,23,25-26H,17H2,1-12H3,(H,32,34,36)/b22-15-/t23-,25-,26+,30-/m1/s1. The van der Waals surface area contributed by atoms with Crippen LogP contribution in [0.15, 0.2) is 33.5 Å². The Hall–Kier alpha value is -2.35. The van der Waals surface area contributed by atoms with E-state index < -0.39 is 63.8 Å². The maximum Gasteiger partial charge on any atom is 0.335 e. The molecule has 0 amide bonds. The normalized spacial score (nSPS) is 27.6. The summed E-state index contributed by atoms with van der Waals surface area (Å²) in [7, 11) is -6.15. The van der Waals surface area contributed by atoms with Crippen molar-refractivity contribution in [1.29, 1.82) is 5.26 Å². The van der Waals surface area contributed by atoms with E-state index in [-0.39, 0.29) is 34.3 Å². The number of hydrogen-bond acceptors (Lipinski definition) is 9. The zero-order valence-corrected chi connectivity index (χ0v) is 29.6. The topological polar surface area (TPSA) is 142 Å². The van der Waals surface area contributed by atoms with Crippen LogP contribution in [-0.4, -0.2) is 57.6 Å². The quantitative estimate of drug-likeness (QED) is 0.250.